The maximum absolute atomic E-state index is 12.6. The molecule has 0 aromatic carbocycles. The predicted molar refractivity (Wildman–Crippen MR) is 230 cm³/mol. The highest BCUT2D eigenvalue weighted by molar-refractivity contribution is 5.20. The summed E-state index contributed by atoms with van der Waals surface area (Å²) in [6.45, 7) is 13.9. The van der Waals surface area contributed by atoms with Crippen LogP contribution in [0.4, 0.5) is 0 Å². The summed E-state index contributed by atoms with van der Waals surface area (Å²) in [5.74, 6) is -1.70. The molecule has 0 bridgehead atoms. The van der Waals surface area contributed by atoms with Gasteiger partial charge in [-0.15, -0.1) is 0 Å². The minimum absolute atomic E-state index is 0.0860. The third-order valence-corrected chi connectivity index (χ3v) is 18.0. The van der Waals surface area contributed by atoms with Gasteiger partial charge in [-0.2, -0.15) is 0 Å². The molecule has 0 radical (unpaired) electrons. The third kappa shape index (κ3) is 9.00. The van der Waals surface area contributed by atoms with E-state index in [1.807, 2.05) is 27.7 Å². The maximum Gasteiger partial charge on any atom is 0.187 e. The average Bonchev–Trinajstić information content (AvgIpc) is 3.65. The molecule has 0 amide bonds. The molecule has 6 unspecified atom stereocenters. The number of hydrogen-bond acceptors (Lipinski definition) is 19. The summed E-state index contributed by atoms with van der Waals surface area (Å²) in [7, 11) is 0. The van der Waals surface area contributed by atoms with Gasteiger partial charge in [0.1, 0.15) is 67.1 Å². The van der Waals surface area contributed by atoms with Crippen LogP contribution in [0.2, 0.25) is 0 Å². The second kappa shape index (κ2) is 19.5. The molecular formula is C47H80O19. The molecule has 4 saturated carbocycles. The summed E-state index contributed by atoms with van der Waals surface area (Å²) < 4.78 is 37.6. The van der Waals surface area contributed by atoms with Crippen LogP contribution in [0.25, 0.3) is 0 Å². The fourth-order valence-corrected chi connectivity index (χ4v) is 14.1. The number of aliphatic hydroxyl groups is 13. The van der Waals surface area contributed by atoms with Crippen molar-refractivity contribution in [1.82, 2.24) is 0 Å². The smallest absolute Gasteiger partial charge is 0.187 e. The molecule has 7 aliphatic rings. The monoisotopic (exact) mass is 949 g/mol. The Morgan fingerprint density at radius 2 is 1.23 bits per heavy atom. The second-order valence-corrected chi connectivity index (χ2v) is 22.5. The van der Waals surface area contributed by atoms with Gasteiger partial charge in [-0.3, -0.25) is 0 Å². The zero-order valence-electron chi connectivity index (χ0n) is 39.5. The van der Waals surface area contributed by atoms with E-state index in [9.17, 15) is 66.4 Å². The van der Waals surface area contributed by atoms with E-state index < -0.39 is 163 Å². The zero-order chi connectivity index (χ0) is 48.7. The SMILES string of the molecule is CC(C)C(O)/C=C/[C@](C)(O[C@@H]1O[C@H](CO)[C@@H](O)[C@H](O)[C@H]1O)[C@H]1CC[C@]2(C)C3C[C@@H](O[C@@H]4O[C@H](CO)[C@@H](O)[C@H](O)[C@H]4O[C@@H]4O[C@@H](C)[C@H](O)[C@@H](O)[C@H]4O)C4C(C)(C)C(O)CC[C@]4(C)C3C[C@H](O)C12. The maximum atomic E-state index is 12.6. The number of fused-ring (bicyclic) bond motifs is 5. The van der Waals surface area contributed by atoms with Crippen LogP contribution in [-0.2, 0) is 28.4 Å². The first-order valence-electron chi connectivity index (χ1n) is 24.1. The third-order valence-electron chi connectivity index (χ3n) is 18.0. The summed E-state index contributed by atoms with van der Waals surface area (Å²) >= 11 is 0. The Morgan fingerprint density at radius 1 is 0.667 bits per heavy atom. The quantitative estimate of drug-likeness (QED) is 0.0775. The Balaban J connectivity index is 1.26. The summed E-state index contributed by atoms with van der Waals surface area (Å²) in [6.07, 6.45) is -19.9. The van der Waals surface area contributed by atoms with Crippen LogP contribution < -0.4 is 0 Å². The van der Waals surface area contributed by atoms with Crippen LogP contribution in [0.3, 0.4) is 0 Å². The van der Waals surface area contributed by atoms with Crippen molar-refractivity contribution in [2.24, 2.45) is 51.8 Å². The summed E-state index contributed by atoms with van der Waals surface area (Å²) in [5, 5.41) is 143. The van der Waals surface area contributed by atoms with Gasteiger partial charge in [0.15, 0.2) is 18.9 Å². The van der Waals surface area contributed by atoms with Gasteiger partial charge in [-0.1, -0.05) is 53.7 Å². The summed E-state index contributed by atoms with van der Waals surface area (Å²) in [5.41, 5.74) is -3.29. The van der Waals surface area contributed by atoms with Crippen molar-refractivity contribution in [1.29, 1.82) is 0 Å². The highest BCUT2D eigenvalue weighted by atomic mass is 16.8. The second-order valence-electron chi connectivity index (χ2n) is 22.5. The van der Waals surface area contributed by atoms with E-state index in [1.165, 1.54) is 6.92 Å². The molecule has 7 fully saturated rings. The summed E-state index contributed by atoms with van der Waals surface area (Å²) in [4.78, 5) is 0. The molecule has 3 aliphatic heterocycles. The predicted octanol–water partition coefficient (Wildman–Crippen LogP) is -1.59. The standard InChI is InChI=1S/C47H80O19/c1-19(2)24(50)10-14-47(8,66-42-38(60)35(57)32(54)27(17-48)63-42)21-9-12-45(6)23-16-26(40-44(4,5)29(52)11-13-46(40,7)22(23)15-25(51)30(21)45)62-43-39(36(58)33(55)28(18-49)64-43)65-41-37(59)34(56)31(53)20(3)61-41/h10,14,19-43,48-60H,9,11-13,15-18H2,1-8H3/b14-10+/t20-,21-,22?,23?,24?,25-,26+,27+,28+,29?,30?,31-,32+,33+,34+,35-,36-,37+,38+,39+,40?,41-,42-,43+,45+,46+,47-/m0/s1. The Hall–Kier alpha value is -1.02. The van der Waals surface area contributed by atoms with Crippen molar-refractivity contribution < 1.29 is 94.8 Å². The lowest BCUT2D eigenvalue weighted by atomic mass is 9.39. The normalized spacial score (nSPS) is 53.2. The molecule has 3 saturated heterocycles. The van der Waals surface area contributed by atoms with Crippen molar-refractivity contribution in [3.8, 4) is 0 Å². The van der Waals surface area contributed by atoms with Gasteiger partial charge in [-0.25, -0.2) is 0 Å². The first-order valence-corrected chi connectivity index (χ1v) is 24.1. The van der Waals surface area contributed by atoms with Crippen molar-refractivity contribution in [2.75, 3.05) is 13.2 Å². The van der Waals surface area contributed by atoms with Crippen LogP contribution in [0.15, 0.2) is 12.2 Å². The lowest BCUT2D eigenvalue weighted by Gasteiger charge is -2.68. The highest BCUT2D eigenvalue weighted by Crippen LogP contribution is 2.72. The lowest BCUT2D eigenvalue weighted by Crippen LogP contribution is -2.68. The molecule has 66 heavy (non-hydrogen) atoms. The van der Waals surface area contributed by atoms with Gasteiger partial charge in [0.25, 0.3) is 0 Å². The molecule has 19 nitrogen and oxygen atoms in total. The number of hydrogen-bond donors (Lipinski definition) is 13. The first kappa shape index (κ1) is 52.8. The fraction of sp³-hybridized carbons (Fsp3) is 0.957. The Bertz CT molecular complexity index is 1670. The van der Waals surface area contributed by atoms with Crippen LogP contribution >= 0.6 is 0 Å². The van der Waals surface area contributed by atoms with Gasteiger partial charge in [0.05, 0.1) is 49.3 Å². The largest absolute Gasteiger partial charge is 0.394 e. The van der Waals surface area contributed by atoms with Crippen molar-refractivity contribution in [3.63, 3.8) is 0 Å². The van der Waals surface area contributed by atoms with E-state index in [-0.39, 0.29) is 23.7 Å². The molecule has 19 heteroatoms. The van der Waals surface area contributed by atoms with Gasteiger partial charge in [0.2, 0.25) is 0 Å². The lowest BCUT2D eigenvalue weighted by molar-refractivity contribution is -0.379. The highest BCUT2D eigenvalue weighted by Gasteiger charge is 2.70. The van der Waals surface area contributed by atoms with Gasteiger partial charge >= 0.3 is 0 Å². The van der Waals surface area contributed by atoms with E-state index in [4.69, 9.17) is 28.4 Å². The number of rotatable bonds is 12. The molecule has 7 rings (SSSR count). The van der Waals surface area contributed by atoms with Crippen molar-refractivity contribution in [2.45, 2.75) is 216 Å². The molecule has 0 aromatic heterocycles. The van der Waals surface area contributed by atoms with E-state index in [0.29, 0.717) is 38.5 Å². The summed E-state index contributed by atoms with van der Waals surface area (Å²) in [6, 6.07) is 0. The van der Waals surface area contributed by atoms with Crippen molar-refractivity contribution >= 4 is 0 Å². The fourth-order valence-electron chi connectivity index (χ4n) is 14.1. The van der Waals surface area contributed by atoms with Gasteiger partial charge < -0.3 is 94.8 Å². The molecule has 27 atom stereocenters. The average molecular weight is 949 g/mol. The molecule has 4 aliphatic carbocycles. The van der Waals surface area contributed by atoms with E-state index in [2.05, 4.69) is 13.8 Å². The van der Waals surface area contributed by atoms with Crippen LogP contribution in [0.5, 0.6) is 0 Å². The van der Waals surface area contributed by atoms with Gasteiger partial charge in [0, 0.05) is 0 Å². The minimum atomic E-state index is -1.76. The molecule has 13 N–H and O–H groups in total. The molecule has 0 aromatic rings. The topological polar surface area (TPSA) is 318 Å². The van der Waals surface area contributed by atoms with Crippen LogP contribution in [0.1, 0.15) is 93.9 Å². The molecule has 3 heterocycles. The van der Waals surface area contributed by atoms with Crippen molar-refractivity contribution in [3.05, 3.63) is 12.2 Å². The minimum Gasteiger partial charge on any atom is -0.394 e. The molecule has 382 valence electrons. The zero-order valence-corrected chi connectivity index (χ0v) is 39.5. The Labute approximate surface area is 387 Å². The first-order chi connectivity index (χ1) is 30.8. The van der Waals surface area contributed by atoms with Gasteiger partial charge in [-0.05, 0) is 104 Å². The van der Waals surface area contributed by atoms with E-state index >= 15 is 0 Å². The Kier molecular flexibility index (Phi) is 15.6. The number of aliphatic hydroxyl groups excluding tert-OH is 13. The van der Waals surface area contributed by atoms with Crippen LogP contribution in [-0.4, -0.2) is 202 Å². The number of ether oxygens (including phenoxy) is 6. The van der Waals surface area contributed by atoms with Crippen LogP contribution in [0, 0.1) is 51.8 Å². The van der Waals surface area contributed by atoms with E-state index in [1.54, 1.807) is 19.1 Å². The van der Waals surface area contributed by atoms with E-state index in [0.717, 1.165) is 0 Å². The molecule has 0 spiro atoms. The molecular weight excluding hydrogens is 868 g/mol. The Morgan fingerprint density at radius 3 is 1.85 bits per heavy atom.